The molecule has 0 aliphatic carbocycles. The van der Waals surface area contributed by atoms with Crippen LogP contribution in [0, 0.1) is 10.7 Å². The van der Waals surface area contributed by atoms with Crippen LogP contribution < -0.4 is 5.73 Å². The fourth-order valence-corrected chi connectivity index (χ4v) is 3.71. The molecule has 1 amide bonds. The number of nitrogens with zero attached hydrogens (tertiary/aromatic N) is 2. The third kappa shape index (κ3) is 1.90. The van der Waals surface area contributed by atoms with Crippen molar-refractivity contribution in [3.05, 3.63) is 11.3 Å². The van der Waals surface area contributed by atoms with Crippen molar-refractivity contribution in [3.63, 3.8) is 0 Å². The number of carbonyl (C=O) groups is 2. The second-order valence-electron chi connectivity index (χ2n) is 3.57. The van der Waals surface area contributed by atoms with E-state index in [9.17, 15) is 9.59 Å². The van der Waals surface area contributed by atoms with Crippen LogP contribution in [0.4, 0.5) is 0 Å². The number of thiocyanates is 1. The van der Waals surface area contributed by atoms with Gasteiger partial charge in [0, 0.05) is 11.5 Å². The minimum absolute atomic E-state index is 0.00296. The average molecular weight is 271 g/mol. The van der Waals surface area contributed by atoms with Gasteiger partial charge in [0.15, 0.2) is 0 Å². The van der Waals surface area contributed by atoms with E-state index >= 15 is 0 Å². The summed E-state index contributed by atoms with van der Waals surface area (Å²) in [6, 6.07) is -0.612. The third-order valence-electron chi connectivity index (χ3n) is 2.60. The number of β-lactam (4-membered cyclic amide) rings is 1. The SMILES string of the molecule is N#CSCC1=C(C(=O)O)N2C(=O)[C@H](N)[C@@H]2SC1. The summed E-state index contributed by atoms with van der Waals surface area (Å²) in [6.07, 6.45) is 0. The van der Waals surface area contributed by atoms with E-state index in [1.807, 2.05) is 5.40 Å². The molecule has 2 heterocycles. The van der Waals surface area contributed by atoms with Gasteiger partial charge in [-0.2, -0.15) is 5.26 Å². The van der Waals surface area contributed by atoms with Crippen LogP contribution in [-0.4, -0.2) is 44.8 Å². The first-order chi connectivity index (χ1) is 8.07. The highest BCUT2D eigenvalue weighted by molar-refractivity contribution is 8.04. The zero-order valence-corrected chi connectivity index (χ0v) is 10.3. The van der Waals surface area contributed by atoms with Crippen LogP contribution in [0.5, 0.6) is 0 Å². The fraction of sp³-hybridized carbons (Fsp3) is 0.444. The van der Waals surface area contributed by atoms with Crippen LogP contribution in [0.25, 0.3) is 0 Å². The van der Waals surface area contributed by atoms with Crippen molar-refractivity contribution < 1.29 is 14.7 Å². The summed E-state index contributed by atoms with van der Waals surface area (Å²) in [5.74, 6) is -0.696. The largest absolute Gasteiger partial charge is 0.477 e. The molecular formula is C9H9N3O3S2. The zero-order valence-electron chi connectivity index (χ0n) is 8.62. The highest BCUT2D eigenvalue weighted by Gasteiger charge is 2.51. The summed E-state index contributed by atoms with van der Waals surface area (Å²) in [7, 11) is 0. The number of nitriles is 1. The summed E-state index contributed by atoms with van der Waals surface area (Å²) in [5.41, 5.74) is 6.20. The Morgan fingerprint density at radius 3 is 3.06 bits per heavy atom. The van der Waals surface area contributed by atoms with Crippen molar-refractivity contribution in [1.82, 2.24) is 4.90 Å². The van der Waals surface area contributed by atoms with E-state index in [1.165, 1.54) is 16.7 Å². The zero-order chi connectivity index (χ0) is 12.6. The molecule has 2 atom stereocenters. The highest BCUT2D eigenvalue weighted by atomic mass is 32.2. The van der Waals surface area contributed by atoms with Crippen LogP contribution in [0.15, 0.2) is 11.3 Å². The van der Waals surface area contributed by atoms with Gasteiger partial charge in [0.2, 0.25) is 5.91 Å². The maximum Gasteiger partial charge on any atom is 0.352 e. The van der Waals surface area contributed by atoms with Gasteiger partial charge in [0.25, 0.3) is 0 Å². The smallest absolute Gasteiger partial charge is 0.352 e. The number of carboxylic acid groups (broad SMARTS) is 1. The molecule has 0 unspecified atom stereocenters. The number of rotatable bonds is 3. The summed E-state index contributed by atoms with van der Waals surface area (Å²) >= 11 is 2.41. The molecule has 6 nitrogen and oxygen atoms in total. The second kappa shape index (κ2) is 4.60. The molecule has 3 N–H and O–H groups in total. The minimum Gasteiger partial charge on any atom is -0.477 e. The summed E-state index contributed by atoms with van der Waals surface area (Å²) in [4.78, 5) is 24.0. The van der Waals surface area contributed by atoms with E-state index in [0.717, 1.165) is 11.8 Å². The predicted octanol–water partition coefficient (Wildman–Crippen LogP) is -0.218. The summed E-state index contributed by atoms with van der Waals surface area (Å²) in [6.45, 7) is 0. The van der Waals surface area contributed by atoms with Crippen LogP contribution >= 0.6 is 23.5 Å². The molecule has 8 heteroatoms. The number of fused-ring (bicyclic) bond motifs is 1. The van der Waals surface area contributed by atoms with Crippen LogP contribution in [-0.2, 0) is 9.59 Å². The van der Waals surface area contributed by atoms with E-state index in [2.05, 4.69) is 0 Å². The first-order valence-corrected chi connectivity index (χ1v) is 6.77. The molecule has 0 aromatic carbocycles. The van der Waals surface area contributed by atoms with Gasteiger partial charge in [-0.1, -0.05) is 0 Å². The molecule has 0 aromatic heterocycles. The summed E-state index contributed by atoms with van der Waals surface area (Å²) in [5, 5.41) is 19.2. The molecular weight excluding hydrogens is 262 g/mol. The van der Waals surface area contributed by atoms with Crippen molar-refractivity contribution in [2.45, 2.75) is 11.4 Å². The molecule has 2 rings (SSSR count). The number of carboxylic acids is 1. The molecule has 0 spiro atoms. The van der Waals surface area contributed by atoms with Crippen molar-refractivity contribution >= 4 is 35.4 Å². The minimum atomic E-state index is -1.14. The van der Waals surface area contributed by atoms with Crippen molar-refractivity contribution in [2.24, 2.45) is 5.73 Å². The summed E-state index contributed by atoms with van der Waals surface area (Å²) < 4.78 is 0. The second-order valence-corrected chi connectivity index (χ2v) is 5.44. The Labute approximate surface area is 106 Å². The lowest BCUT2D eigenvalue weighted by Gasteiger charge is -2.47. The van der Waals surface area contributed by atoms with Crippen molar-refractivity contribution in [2.75, 3.05) is 11.5 Å². The maximum absolute atomic E-state index is 11.5. The van der Waals surface area contributed by atoms with E-state index in [0.29, 0.717) is 17.1 Å². The molecule has 2 aliphatic heterocycles. The van der Waals surface area contributed by atoms with E-state index in [-0.39, 0.29) is 17.0 Å². The highest BCUT2D eigenvalue weighted by Crippen LogP contribution is 2.39. The van der Waals surface area contributed by atoms with Crippen molar-refractivity contribution in [3.8, 4) is 5.40 Å². The quantitative estimate of drug-likeness (QED) is 0.539. The maximum atomic E-state index is 11.5. The molecule has 0 aromatic rings. The first kappa shape index (κ1) is 12.3. The van der Waals surface area contributed by atoms with Gasteiger partial charge < -0.3 is 10.8 Å². The van der Waals surface area contributed by atoms with Crippen LogP contribution in [0.2, 0.25) is 0 Å². The number of amides is 1. The van der Waals surface area contributed by atoms with Crippen molar-refractivity contribution in [1.29, 1.82) is 5.26 Å². The Morgan fingerprint density at radius 1 is 1.76 bits per heavy atom. The monoisotopic (exact) mass is 271 g/mol. The van der Waals surface area contributed by atoms with Gasteiger partial charge in [-0.05, 0) is 17.3 Å². The number of aliphatic carboxylic acids is 1. The Balaban J connectivity index is 2.30. The van der Waals surface area contributed by atoms with Gasteiger partial charge in [-0.25, -0.2) is 4.79 Å². The lowest BCUT2D eigenvalue weighted by molar-refractivity contribution is -0.147. The van der Waals surface area contributed by atoms with E-state index in [1.54, 1.807) is 0 Å². The molecule has 2 aliphatic rings. The molecule has 1 saturated heterocycles. The lowest BCUT2D eigenvalue weighted by Crippen LogP contribution is -2.68. The standard InChI is InChI=1S/C9H9N3O3S2/c10-3-16-1-4-2-17-8-5(11)7(13)12(8)6(4)9(14)15/h5,8H,1-2,11H2,(H,14,15)/t5-,8-/m0/s1. The van der Waals surface area contributed by atoms with Crippen LogP contribution in [0.1, 0.15) is 0 Å². The van der Waals surface area contributed by atoms with Gasteiger partial charge in [0.05, 0.1) is 0 Å². The topological polar surface area (TPSA) is 107 Å². The molecule has 0 saturated carbocycles. The van der Waals surface area contributed by atoms with Gasteiger partial charge >= 0.3 is 5.97 Å². The molecule has 90 valence electrons. The lowest BCUT2D eigenvalue weighted by atomic mass is 10.0. The Morgan fingerprint density at radius 2 is 2.47 bits per heavy atom. The van der Waals surface area contributed by atoms with E-state index in [4.69, 9.17) is 16.1 Å². The Kier molecular flexibility index (Phi) is 3.33. The number of hydrogen-bond acceptors (Lipinski definition) is 6. The Hall–Kier alpha value is -1.17. The normalized spacial score (nSPS) is 27.3. The molecule has 17 heavy (non-hydrogen) atoms. The fourth-order valence-electron chi connectivity index (χ4n) is 1.81. The molecule has 0 bridgehead atoms. The van der Waals surface area contributed by atoms with Gasteiger partial charge in [0.1, 0.15) is 22.5 Å². The van der Waals surface area contributed by atoms with Crippen LogP contribution in [0.3, 0.4) is 0 Å². The van der Waals surface area contributed by atoms with E-state index < -0.39 is 12.0 Å². The number of carbonyl (C=O) groups excluding carboxylic acids is 1. The van der Waals surface area contributed by atoms with Gasteiger partial charge in [-0.3, -0.25) is 9.69 Å². The average Bonchev–Trinajstić information content (AvgIpc) is 2.33. The Bertz CT molecular complexity index is 457. The first-order valence-electron chi connectivity index (χ1n) is 4.74. The molecule has 1 fully saturated rings. The number of thioether (sulfide) groups is 2. The number of nitrogens with two attached hydrogens (primary N) is 1. The number of hydrogen-bond donors (Lipinski definition) is 2. The third-order valence-corrected chi connectivity index (χ3v) is 4.58. The molecule has 0 radical (unpaired) electrons. The predicted molar refractivity (Wildman–Crippen MR) is 63.8 cm³/mol. The van der Waals surface area contributed by atoms with Gasteiger partial charge in [-0.15, -0.1) is 11.8 Å².